The van der Waals surface area contributed by atoms with Gasteiger partial charge in [0.15, 0.2) is 0 Å². The second-order valence-electron chi connectivity index (χ2n) is 8.29. The lowest BCUT2D eigenvalue weighted by atomic mass is 9.68. The van der Waals surface area contributed by atoms with Crippen molar-refractivity contribution < 1.29 is 14.3 Å². The standard InChI is InChI=1S/C30H28N2O3/c1-35-27-20-12-11-13-22(27)21-26(28(31)33)32-29(34)30(23-14-5-2-6-15-23,24-16-7-3-8-17-24)25-18-9-4-10-19-25/h2-20,26H,21H2,1H3,(H2,31,33)(H,32,34)/t26-/m0/s1. The summed E-state index contributed by atoms with van der Waals surface area (Å²) in [7, 11) is 1.57. The van der Waals surface area contributed by atoms with Gasteiger partial charge in [-0.25, -0.2) is 0 Å². The minimum absolute atomic E-state index is 0.208. The average Bonchev–Trinajstić information content (AvgIpc) is 2.91. The quantitative estimate of drug-likeness (QED) is 0.364. The van der Waals surface area contributed by atoms with Crippen LogP contribution < -0.4 is 15.8 Å². The number of carbonyl (C=O) groups excluding carboxylic acids is 2. The van der Waals surface area contributed by atoms with E-state index in [1.165, 1.54) is 0 Å². The number of nitrogens with two attached hydrogens (primary N) is 1. The molecule has 4 rings (SSSR count). The van der Waals surface area contributed by atoms with E-state index < -0.39 is 17.4 Å². The maximum absolute atomic E-state index is 14.4. The van der Waals surface area contributed by atoms with Crippen molar-refractivity contribution in [3.63, 3.8) is 0 Å². The summed E-state index contributed by atoms with van der Waals surface area (Å²) in [5.74, 6) is -0.319. The molecule has 0 unspecified atom stereocenters. The van der Waals surface area contributed by atoms with Crippen molar-refractivity contribution >= 4 is 11.8 Å². The molecule has 1 atom stereocenters. The maximum atomic E-state index is 14.4. The third-order valence-corrected chi connectivity index (χ3v) is 6.23. The molecule has 0 spiro atoms. The zero-order chi connectivity index (χ0) is 24.7. The largest absolute Gasteiger partial charge is 0.496 e. The van der Waals surface area contributed by atoms with Crippen LogP contribution in [0.3, 0.4) is 0 Å². The highest BCUT2D eigenvalue weighted by Gasteiger charge is 2.44. The van der Waals surface area contributed by atoms with E-state index >= 15 is 0 Å². The van der Waals surface area contributed by atoms with Gasteiger partial charge in [-0.15, -0.1) is 0 Å². The Balaban J connectivity index is 1.84. The van der Waals surface area contributed by atoms with E-state index in [9.17, 15) is 9.59 Å². The van der Waals surface area contributed by atoms with E-state index in [-0.39, 0.29) is 12.3 Å². The van der Waals surface area contributed by atoms with E-state index in [1.807, 2.05) is 115 Å². The molecule has 3 N–H and O–H groups in total. The number of amides is 2. The minimum atomic E-state index is -1.20. The molecule has 2 amide bonds. The third kappa shape index (κ3) is 4.80. The smallest absolute Gasteiger partial charge is 0.240 e. The average molecular weight is 465 g/mol. The number of para-hydroxylation sites is 1. The highest BCUT2D eigenvalue weighted by molar-refractivity contribution is 5.98. The van der Waals surface area contributed by atoms with Crippen LogP contribution in [0.2, 0.25) is 0 Å². The summed E-state index contributed by atoms with van der Waals surface area (Å²) >= 11 is 0. The molecule has 0 fully saturated rings. The second-order valence-corrected chi connectivity index (χ2v) is 8.29. The molecular weight excluding hydrogens is 436 g/mol. The Morgan fingerprint density at radius 2 is 1.17 bits per heavy atom. The highest BCUT2D eigenvalue weighted by Crippen LogP contribution is 2.39. The summed E-state index contributed by atoms with van der Waals surface area (Å²) in [5, 5.41) is 2.98. The first-order valence-corrected chi connectivity index (χ1v) is 11.5. The number of hydrogen-bond donors (Lipinski definition) is 2. The van der Waals surface area contributed by atoms with Crippen LogP contribution in [0.4, 0.5) is 0 Å². The fraction of sp³-hybridized carbons (Fsp3) is 0.133. The normalized spacial score (nSPS) is 11.9. The van der Waals surface area contributed by atoms with Crippen LogP contribution in [-0.2, 0) is 21.4 Å². The first-order valence-electron chi connectivity index (χ1n) is 11.5. The number of rotatable bonds is 9. The Hall–Kier alpha value is -4.38. The van der Waals surface area contributed by atoms with Gasteiger partial charge in [0, 0.05) is 6.42 Å². The van der Waals surface area contributed by atoms with Gasteiger partial charge in [-0.05, 0) is 28.3 Å². The van der Waals surface area contributed by atoms with E-state index in [4.69, 9.17) is 10.5 Å². The van der Waals surface area contributed by atoms with E-state index in [1.54, 1.807) is 7.11 Å². The Morgan fingerprint density at radius 3 is 1.60 bits per heavy atom. The fourth-order valence-electron chi connectivity index (χ4n) is 4.54. The van der Waals surface area contributed by atoms with Gasteiger partial charge in [0.2, 0.25) is 11.8 Å². The number of carbonyl (C=O) groups is 2. The predicted molar refractivity (Wildman–Crippen MR) is 137 cm³/mol. The highest BCUT2D eigenvalue weighted by atomic mass is 16.5. The Bertz CT molecular complexity index is 1180. The number of ether oxygens (including phenoxy) is 1. The van der Waals surface area contributed by atoms with Crippen LogP contribution in [0.1, 0.15) is 22.3 Å². The zero-order valence-corrected chi connectivity index (χ0v) is 19.6. The fourth-order valence-corrected chi connectivity index (χ4v) is 4.54. The topological polar surface area (TPSA) is 81.4 Å². The Labute approximate surface area is 205 Å². The summed E-state index contributed by atoms with van der Waals surface area (Å²) in [5.41, 5.74) is 7.74. The Kier molecular flexibility index (Phi) is 7.27. The molecule has 4 aromatic rings. The lowest BCUT2D eigenvalue weighted by Gasteiger charge is -2.35. The molecule has 0 bridgehead atoms. The molecule has 0 aliphatic rings. The Morgan fingerprint density at radius 1 is 0.743 bits per heavy atom. The number of benzene rings is 4. The lowest BCUT2D eigenvalue weighted by molar-refractivity contribution is -0.129. The maximum Gasteiger partial charge on any atom is 0.240 e. The molecular formula is C30H28N2O3. The van der Waals surface area contributed by atoms with Crippen LogP contribution >= 0.6 is 0 Å². The van der Waals surface area contributed by atoms with Crippen LogP contribution in [0.15, 0.2) is 115 Å². The van der Waals surface area contributed by atoms with E-state index in [0.717, 1.165) is 22.3 Å². The number of nitrogens with one attached hydrogen (secondary N) is 1. The summed E-state index contributed by atoms with van der Waals surface area (Å²) in [6.45, 7) is 0. The molecule has 0 aliphatic heterocycles. The predicted octanol–water partition coefficient (Wildman–Crippen LogP) is 4.24. The van der Waals surface area contributed by atoms with Crippen molar-refractivity contribution in [2.45, 2.75) is 17.9 Å². The van der Waals surface area contributed by atoms with Crippen molar-refractivity contribution in [2.24, 2.45) is 5.73 Å². The molecule has 0 aromatic heterocycles. The third-order valence-electron chi connectivity index (χ3n) is 6.23. The van der Waals surface area contributed by atoms with Crippen molar-refractivity contribution in [2.75, 3.05) is 7.11 Å². The van der Waals surface area contributed by atoms with Crippen molar-refractivity contribution in [1.82, 2.24) is 5.32 Å². The first kappa shape index (κ1) is 23.8. The molecule has 176 valence electrons. The van der Waals surface area contributed by atoms with E-state index in [2.05, 4.69) is 5.32 Å². The van der Waals surface area contributed by atoms with Gasteiger partial charge >= 0.3 is 0 Å². The zero-order valence-electron chi connectivity index (χ0n) is 19.6. The van der Waals surface area contributed by atoms with Gasteiger partial charge in [-0.3, -0.25) is 9.59 Å². The summed E-state index contributed by atoms with van der Waals surface area (Å²) in [6.07, 6.45) is 0.208. The lowest BCUT2D eigenvalue weighted by Crippen LogP contribution is -2.54. The van der Waals surface area contributed by atoms with Gasteiger partial charge < -0.3 is 15.8 Å². The molecule has 0 saturated carbocycles. The van der Waals surface area contributed by atoms with Gasteiger partial charge in [-0.2, -0.15) is 0 Å². The molecule has 0 heterocycles. The summed E-state index contributed by atoms with van der Waals surface area (Å²) in [6, 6.07) is 35.2. The minimum Gasteiger partial charge on any atom is -0.496 e. The first-order chi connectivity index (χ1) is 17.1. The van der Waals surface area contributed by atoms with Gasteiger partial charge in [-0.1, -0.05) is 109 Å². The number of primary amides is 1. The SMILES string of the molecule is COc1ccccc1C[C@H](NC(=O)C(c1ccccc1)(c1ccccc1)c1ccccc1)C(N)=O. The van der Waals surface area contributed by atoms with Gasteiger partial charge in [0.25, 0.3) is 0 Å². The van der Waals surface area contributed by atoms with Crippen LogP contribution in [-0.4, -0.2) is 25.0 Å². The van der Waals surface area contributed by atoms with Gasteiger partial charge in [0.1, 0.15) is 17.2 Å². The molecule has 4 aromatic carbocycles. The summed E-state index contributed by atoms with van der Waals surface area (Å²) < 4.78 is 5.44. The molecule has 5 nitrogen and oxygen atoms in total. The molecule has 0 radical (unpaired) electrons. The number of hydrogen-bond acceptors (Lipinski definition) is 3. The van der Waals surface area contributed by atoms with Crippen LogP contribution in [0, 0.1) is 0 Å². The molecule has 0 aliphatic carbocycles. The van der Waals surface area contributed by atoms with Crippen molar-refractivity contribution in [3.05, 3.63) is 138 Å². The van der Waals surface area contributed by atoms with Crippen molar-refractivity contribution in [1.29, 1.82) is 0 Å². The monoisotopic (exact) mass is 464 g/mol. The van der Waals surface area contributed by atoms with E-state index in [0.29, 0.717) is 5.75 Å². The molecule has 5 heteroatoms. The second kappa shape index (κ2) is 10.7. The summed E-state index contributed by atoms with van der Waals surface area (Å²) in [4.78, 5) is 26.9. The van der Waals surface area contributed by atoms with Crippen LogP contribution in [0.25, 0.3) is 0 Å². The van der Waals surface area contributed by atoms with Crippen LogP contribution in [0.5, 0.6) is 5.75 Å². The van der Waals surface area contributed by atoms with Gasteiger partial charge in [0.05, 0.1) is 7.11 Å². The van der Waals surface area contributed by atoms with Crippen molar-refractivity contribution in [3.8, 4) is 5.75 Å². The molecule has 35 heavy (non-hydrogen) atoms. The number of methoxy groups -OCH3 is 1. The molecule has 0 saturated heterocycles.